The molecule has 0 saturated carbocycles. The van der Waals surface area contributed by atoms with E-state index in [-0.39, 0.29) is 5.88 Å². The fraction of sp³-hybridized carbons (Fsp3) is 0.118. The van der Waals surface area contributed by atoms with E-state index in [0.29, 0.717) is 0 Å². The van der Waals surface area contributed by atoms with Gasteiger partial charge in [-0.3, -0.25) is 0 Å². The lowest BCUT2D eigenvalue weighted by atomic mass is 10.0. The molecule has 20 heavy (non-hydrogen) atoms. The summed E-state index contributed by atoms with van der Waals surface area (Å²) >= 11 is 0. The van der Waals surface area contributed by atoms with E-state index in [1.165, 1.54) is 10.2 Å². The van der Waals surface area contributed by atoms with Gasteiger partial charge in [-0.2, -0.15) is 5.10 Å². The minimum atomic E-state index is 0.188. The maximum Gasteiger partial charge on any atom is 0.217 e. The number of benzene rings is 2. The molecular formula is C17H16N2O. The predicted molar refractivity (Wildman–Crippen MR) is 80.5 cm³/mol. The van der Waals surface area contributed by atoms with Crippen molar-refractivity contribution in [2.45, 2.75) is 6.92 Å². The summed E-state index contributed by atoms with van der Waals surface area (Å²) < 4.78 is 1.51. The van der Waals surface area contributed by atoms with Gasteiger partial charge < -0.3 is 5.11 Å². The Morgan fingerprint density at radius 3 is 2.20 bits per heavy atom. The molecular weight excluding hydrogens is 248 g/mol. The number of aryl methyl sites for hydroxylation is 2. The minimum absolute atomic E-state index is 0.188. The normalized spacial score (nSPS) is 10.7. The van der Waals surface area contributed by atoms with Gasteiger partial charge in [0.25, 0.3) is 0 Å². The molecule has 0 amide bonds. The Bertz CT molecular complexity index is 728. The Kier molecular flexibility index (Phi) is 3.03. The molecule has 0 fully saturated rings. The second kappa shape index (κ2) is 4.85. The number of aromatic hydroxyl groups is 1. The van der Waals surface area contributed by atoms with Crippen LogP contribution in [-0.2, 0) is 7.05 Å². The summed E-state index contributed by atoms with van der Waals surface area (Å²) in [5, 5.41) is 14.7. The highest BCUT2D eigenvalue weighted by atomic mass is 16.3. The molecule has 100 valence electrons. The molecule has 3 aromatic rings. The average Bonchev–Trinajstić information content (AvgIpc) is 2.77. The van der Waals surface area contributed by atoms with Crippen LogP contribution in [0, 0.1) is 6.92 Å². The summed E-state index contributed by atoms with van der Waals surface area (Å²) in [6, 6.07) is 18.0. The maximum atomic E-state index is 10.3. The van der Waals surface area contributed by atoms with E-state index in [1.807, 2.05) is 61.5 Å². The fourth-order valence-corrected chi connectivity index (χ4v) is 2.30. The van der Waals surface area contributed by atoms with Gasteiger partial charge in [-0.1, -0.05) is 60.2 Å². The molecule has 0 aliphatic carbocycles. The smallest absolute Gasteiger partial charge is 0.217 e. The fourth-order valence-electron chi connectivity index (χ4n) is 2.30. The van der Waals surface area contributed by atoms with Crippen LogP contribution in [0.5, 0.6) is 5.88 Å². The summed E-state index contributed by atoms with van der Waals surface area (Å²) in [7, 11) is 1.75. The standard InChI is InChI=1S/C17H16N2O/c1-12-8-10-13(11-9-12)15-16(18-19(2)17(15)20)14-6-4-3-5-7-14/h3-11,20H,1-2H3. The maximum absolute atomic E-state index is 10.3. The molecule has 0 atom stereocenters. The van der Waals surface area contributed by atoms with Gasteiger partial charge in [-0.15, -0.1) is 0 Å². The van der Waals surface area contributed by atoms with Crippen molar-refractivity contribution in [3.05, 3.63) is 60.2 Å². The Morgan fingerprint density at radius 2 is 1.55 bits per heavy atom. The van der Waals surface area contributed by atoms with Gasteiger partial charge in [0.2, 0.25) is 5.88 Å². The molecule has 0 spiro atoms. The van der Waals surface area contributed by atoms with Gasteiger partial charge in [0.05, 0.1) is 5.56 Å². The number of aromatic nitrogens is 2. The van der Waals surface area contributed by atoms with E-state index < -0.39 is 0 Å². The van der Waals surface area contributed by atoms with Crippen LogP contribution in [-0.4, -0.2) is 14.9 Å². The molecule has 0 radical (unpaired) electrons. The largest absolute Gasteiger partial charge is 0.493 e. The number of hydrogen-bond acceptors (Lipinski definition) is 2. The van der Waals surface area contributed by atoms with Gasteiger partial charge in [0, 0.05) is 12.6 Å². The van der Waals surface area contributed by atoms with Crippen LogP contribution in [0.3, 0.4) is 0 Å². The van der Waals surface area contributed by atoms with Gasteiger partial charge in [0.1, 0.15) is 5.69 Å². The lowest BCUT2D eigenvalue weighted by Gasteiger charge is -2.04. The molecule has 0 saturated heterocycles. The molecule has 3 heteroatoms. The zero-order chi connectivity index (χ0) is 14.1. The molecule has 0 aliphatic rings. The zero-order valence-electron chi connectivity index (χ0n) is 11.5. The Labute approximate surface area is 118 Å². The third-order valence-electron chi connectivity index (χ3n) is 3.40. The second-order valence-corrected chi connectivity index (χ2v) is 4.90. The Balaban J connectivity index is 2.22. The second-order valence-electron chi connectivity index (χ2n) is 4.90. The van der Waals surface area contributed by atoms with E-state index >= 15 is 0 Å². The summed E-state index contributed by atoms with van der Waals surface area (Å²) in [4.78, 5) is 0. The zero-order valence-corrected chi connectivity index (χ0v) is 11.5. The lowest BCUT2D eigenvalue weighted by molar-refractivity contribution is 0.421. The molecule has 0 aliphatic heterocycles. The van der Waals surface area contributed by atoms with Crippen molar-refractivity contribution in [3.63, 3.8) is 0 Å². The van der Waals surface area contributed by atoms with Crippen molar-refractivity contribution in [1.29, 1.82) is 0 Å². The third kappa shape index (κ3) is 2.07. The van der Waals surface area contributed by atoms with Gasteiger partial charge in [-0.05, 0) is 12.5 Å². The number of nitrogens with zero attached hydrogens (tertiary/aromatic N) is 2. The highest BCUT2D eigenvalue weighted by molar-refractivity contribution is 5.84. The van der Waals surface area contributed by atoms with Crippen LogP contribution >= 0.6 is 0 Å². The highest BCUT2D eigenvalue weighted by Crippen LogP contribution is 2.37. The quantitative estimate of drug-likeness (QED) is 0.765. The van der Waals surface area contributed by atoms with Crippen LogP contribution in [0.2, 0.25) is 0 Å². The Morgan fingerprint density at radius 1 is 0.900 bits per heavy atom. The van der Waals surface area contributed by atoms with Crippen molar-refractivity contribution >= 4 is 0 Å². The van der Waals surface area contributed by atoms with Crippen LogP contribution in [0.25, 0.3) is 22.4 Å². The van der Waals surface area contributed by atoms with Crippen molar-refractivity contribution in [2.75, 3.05) is 0 Å². The minimum Gasteiger partial charge on any atom is -0.493 e. The molecule has 2 aromatic carbocycles. The van der Waals surface area contributed by atoms with Crippen molar-refractivity contribution in [1.82, 2.24) is 9.78 Å². The van der Waals surface area contributed by atoms with E-state index in [4.69, 9.17) is 0 Å². The molecule has 3 nitrogen and oxygen atoms in total. The van der Waals surface area contributed by atoms with E-state index in [9.17, 15) is 5.11 Å². The topological polar surface area (TPSA) is 38.0 Å². The van der Waals surface area contributed by atoms with E-state index in [2.05, 4.69) is 5.10 Å². The SMILES string of the molecule is Cc1ccc(-c2c(-c3ccccc3)nn(C)c2O)cc1. The molecule has 1 aromatic heterocycles. The predicted octanol–water partition coefficient (Wildman–Crippen LogP) is 3.77. The summed E-state index contributed by atoms with van der Waals surface area (Å²) in [5.74, 6) is 0.188. The molecule has 1 heterocycles. The average molecular weight is 264 g/mol. The molecule has 0 bridgehead atoms. The third-order valence-corrected chi connectivity index (χ3v) is 3.40. The first-order valence-electron chi connectivity index (χ1n) is 6.55. The van der Waals surface area contributed by atoms with Crippen LogP contribution in [0.4, 0.5) is 0 Å². The summed E-state index contributed by atoms with van der Waals surface area (Å²) in [5.41, 5.74) is 4.74. The van der Waals surface area contributed by atoms with Crippen LogP contribution in [0.1, 0.15) is 5.56 Å². The number of rotatable bonds is 2. The molecule has 3 rings (SSSR count). The van der Waals surface area contributed by atoms with Gasteiger partial charge in [0.15, 0.2) is 0 Å². The van der Waals surface area contributed by atoms with Crippen LogP contribution < -0.4 is 0 Å². The monoisotopic (exact) mass is 264 g/mol. The first-order chi connectivity index (χ1) is 9.66. The first kappa shape index (κ1) is 12.5. The van der Waals surface area contributed by atoms with Crippen molar-refractivity contribution in [3.8, 4) is 28.3 Å². The first-order valence-corrected chi connectivity index (χ1v) is 6.55. The van der Waals surface area contributed by atoms with E-state index in [1.54, 1.807) is 7.05 Å². The van der Waals surface area contributed by atoms with Crippen molar-refractivity contribution < 1.29 is 5.11 Å². The Hall–Kier alpha value is -2.55. The van der Waals surface area contributed by atoms with Crippen LogP contribution in [0.15, 0.2) is 54.6 Å². The highest BCUT2D eigenvalue weighted by Gasteiger charge is 2.18. The lowest BCUT2D eigenvalue weighted by Crippen LogP contribution is -1.88. The summed E-state index contributed by atoms with van der Waals surface area (Å²) in [6.07, 6.45) is 0. The van der Waals surface area contributed by atoms with E-state index in [0.717, 1.165) is 22.4 Å². The summed E-state index contributed by atoms with van der Waals surface area (Å²) in [6.45, 7) is 2.05. The molecule has 0 unspecified atom stereocenters. The van der Waals surface area contributed by atoms with Crippen molar-refractivity contribution in [2.24, 2.45) is 7.05 Å². The van der Waals surface area contributed by atoms with Gasteiger partial charge in [-0.25, -0.2) is 4.68 Å². The number of hydrogen-bond donors (Lipinski definition) is 1. The van der Waals surface area contributed by atoms with Gasteiger partial charge >= 0.3 is 0 Å². The molecule has 1 N–H and O–H groups in total.